The molecule has 5 heteroatoms. The lowest BCUT2D eigenvalue weighted by Crippen LogP contribution is -2.19. The van der Waals surface area contributed by atoms with Crippen LogP contribution in [-0.2, 0) is 4.79 Å². The Kier molecular flexibility index (Phi) is 7.13. The first-order chi connectivity index (χ1) is 7.08. The summed E-state index contributed by atoms with van der Waals surface area (Å²) >= 11 is 5.78. The van der Waals surface area contributed by atoms with Gasteiger partial charge in [0.2, 0.25) is 5.91 Å². The monoisotopic (exact) mass is 262 g/mol. The molecule has 3 N–H and O–H groups in total. The van der Waals surface area contributed by atoms with Crippen molar-refractivity contribution in [3.05, 3.63) is 29.3 Å². The van der Waals surface area contributed by atoms with E-state index >= 15 is 0 Å². The summed E-state index contributed by atoms with van der Waals surface area (Å²) in [6.45, 7) is 1.88. The molecule has 1 rings (SSSR count). The average molecular weight is 263 g/mol. The standard InChI is InChI=1S/C11H15ClN2O.ClH/c1-8(13)5-6-11(15)14-10-4-2-3-9(12)7-10;/h2-4,7-8H,5-6,13H2,1H3,(H,14,15);1H. The summed E-state index contributed by atoms with van der Waals surface area (Å²) in [6, 6.07) is 7.12. The van der Waals surface area contributed by atoms with Gasteiger partial charge in [-0.2, -0.15) is 0 Å². The third kappa shape index (κ3) is 5.95. The first kappa shape index (κ1) is 15.2. The average Bonchev–Trinajstić information content (AvgIpc) is 2.15. The van der Waals surface area contributed by atoms with Crippen molar-refractivity contribution in [2.45, 2.75) is 25.8 Å². The summed E-state index contributed by atoms with van der Waals surface area (Å²) in [5, 5.41) is 3.37. The maximum absolute atomic E-state index is 11.4. The molecule has 0 saturated carbocycles. The molecule has 0 aliphatic heterocycles. The van der Waals surface area contributed by atoms with Crippen molar-refractivity contribution in [2.24, 2.45) is 5.73 Å². The summed E-state index contributed by atoms with van der Waals surface area (Å²) in [7, 11) is 0. The number of carbonyl (C=O) groups is 1. The Hall–Kier alpha value is -0.770. The highest BCUT2D eigenvalue weighted by Gasteiger charge is 2.04. The Morgan fingerprint density at radius 2 is 2.25 bits per heavy atom. The van der Waals surface area contributed by atoms with Crippen molar-refractivity contribution in [3.8, 4) is 0 Å². The van der Waals surface area contributed by atoms with Crippen LogP contribution >= 0.6 is 24.0 Å². The number of rotatable bonds is 4. The van der Waals surface area contributed by atoms with Crippen molar-refractivity contribution in [1.29, 1.82) is 0 Å². The fourth-order valence-electron chi connectivity index (χ4n) is 1.15. The van der Waals surface area contributed by atoms with E-state index in [9.17, 15) is 4.79 Å². The number of nitrogens with two attached hydrogens (primary N) is 1. The molecule has 0 aliphatic carbocycles. The molecular formula is C11H16Cl2N2O. The van der Waals surface area contributed by atoms with Gasteiger partial charge in [-0.25, -0.2) is 0 Å². The highest BCUT2D eigenvalue weighted by Crippen LogP contribution is 2.15. The van der Waals surface area contributed by atoms with Gasteiger partial charge in [-0.05, 0) is 31.5 Å². The second-order valence-corrected chi connectivity index (χ2v) is 4.01. The topological polar surface area (TPSA) is 55.1 Å². The molecule has 0 aliphatic rings. The number of halogens is 2. The van der Waals surface area contributed by atoms with Gasteiger partial charge in [0, 0.05) is 23.2 Å². The first-order valence-corrected chi connectivity index (χ1v) is 5.26. The van der Waals surface area contributed by atoms with E-state index in [0.717, 1.165) is 5.69 Å². The van der Waals surface area contributed by atoms with E-state index in [1.165, 1.54) is 0 Å². The highest BCUT2D eigenvalue weighted by molar-refractivity contribution is 6.30. The Balaban J connectivity index is 0.00000225. The molecule has 90 valence electrons. The number of benzene rings is 1. The zero-order valence-corrected chi connectivity index (χ0v) is 10.6. The minimum atomic E-state index is -0.0328. The molecule has 0 saturated heterocycles. The van der Waals surface area contributed by atoms with Gasteiger partial charge in [0.05, 0.1) is 0 Å². The molecule has 0 aromatic heterocycles. The van der Waals surface area contributed by atoms with Crippen molar-refractivity contribution >= 4 is 35.6 Å². The lowest BCUT2D eigenvalue weighted by Gasteiger charge is -2.06. The normalized spacial score (nSPS) is 11.4. The van der Waals surface area contributed by atoms with Crippen molar-refractivity contribution in [2.75, 3.05) is 5.32 Å². The minimum Gasteiger partial charge on any atom is -0.328 e. The lowest BCUT2D eigenvalue weighted by molar-refractivity contribution is -0.116. The molecule has 1 atom stereocenters. The fourth-order valence-corrected chi connectivity index (χ4v) is 1.34. The van der Waals surface area contributed by atoms with Crippen molar-refractivity contribution in [3.63, 3.8) is 0 Å². The van der Waals surface area contributed by atoms with Gasteiger partial charge >= 0.3 is 0 Å². The smallest absolute Gasteiger partial charge is 0.224 e. The number of amides is 1. The Bertz CT molecular complexity index is 343. The van der Waals surface area contributed by atoms with Crippen LogP contribution in [0.15, 0.2) is 24.3 Å². The van der Waals surface area contributed by atoms with E-state index < -0.39 is 0 Å². The number of carbonyl (C=O) groups excluding carboxylic acids is 1. The fraction of sp³-hybridized carbons (Fsp3) is 0.364. The summed E-state index contributed by atoms with van der Waals surface area (Å²) in [6.07, 6.45) is 1.12. The van der Waals surface area contributed by atoms with Gasteiger partial charge in [0.25, 0.3) is 0 Å². The van der Waals surface area contributed by atoms with Gasteiger partial charge in [-0.3, -0.25) is 4.79 Å². The van der Waals surface area contributed by atoms with Crippen LogP contribution < -0.4 is 11.1 Å². The lowest BCUT2D eigenvalue weighted by atomic mass is 10.2. The van der Waals surface area contributed by atoms with E-state index in [1.807, 2.05) is 6.92 Å². The summed E-state index contributed by atoms with van der Waals surface area (Å²) in [5.41, 5.74) is 6.28. The maximum atomic E-state index is 11.4. The Morgan fingerprint density at radius 1 is 1.56 bits per heavy atom. The van der Waals surface area contributed by atoms with Crippen LogP contribution in [0.4, 0.5) is 5.69 Å². The SMILES string of the molecule is CC(N)CCC(=O)Nc1cccc(Cl)c1.Cl. The number of anilines is 1. The number of hydrogen-bond donors (Lipinski definition) is 2. The van der Waals surface area contributed by atoms with Crippen LogP contribution in [0.3, 0.4) is 0 Å². The highest BCUT2D eigenvalue weighted by atomic mass is 35.5. The summed E-state index contributed by atoms with van der Waals surface area (Å²) in [4.78, 5) is 11.4. The first-order valence-electron chi connectivity index (χ1n) is 4.89. The van der Waals surface area contributed by atoms with Crippen LogP contribution in [0.1, 0.15) is 19.8 Å². The predicted molar refractivity (Wildman–Crippen MR) is 70.2 cm³/mol. The van der Waals surface area contributed by atoms with Crippen LogP contribution in [0.5, 0.6) is 0 Å². The predicted octanol–water partition coefficient (Wildman–Crippen LogP) is 2.83. The summed E-state index contributed by atoms with van der Waals surface area (Å²) < 4.78 is 0. The zero-order valence-electron chi connectivity index (χ0n) is 9.07. The quantitative estimate of drug-likeness (QED) is 0.877. The summed E-state index contributed by atoms with van der Waals surface area (Å²) in [5.74, 6) is -0.0328. The number of nitrogens with one attached hydrogen (secondary N) is 1. The largest absolute Gasteiger partial charge is 0.328 e. The maximum Gasteiger partial charge on any atom is 0.224 e. The minimum absolute atomic E-state index is 0. The molecule has 0 heterocycles. The van der Waals surface area contributed by atoms with Crippen LogP contribution in [0.25, 0.3) is 0 Å². The van der Waals surface area contributed by atoms with Gasteiger partial charge < -0.3 is 11.1 Å². The zero-order chi connectivity index (χ0) is 11.3. The van der Waals surface area contributed by atoms with E-state index in [2.05, 4.69) is 5.32 Å². The molecule has 0 bridgehead atoms. The van der Waals surface area contributed by atoms with E-state index in [4.69, 9.17) is 17.3 Å². The molecule has 1 aromatic rings. The molecule has 0 fully saturated rings. The molecule has 3 nitrogen and oxygen atoms in total. The second kappa shape index (κ2) is 7.49. The van der Waals surface area contributed by atoms with Gasteiger partial charge in [-0.15, -0.1) is 12.4 Å². The van der Waals surface area contributed by atoms with Gasteiger partial charge in [-0.1, -0.05) is 17.7 Å². The molecule has 1 amide bonds. The van der Waals surface area contributed by atoms with Crippen LogP contribution in [0.2, 0.25) is 5.02 Å². The second-order valence-electron chi connectivity index (χ2n) is 3.57. The third-order valence-electron chi connectivity index (χ3n) is 1.94. The van der Waals surface area contributed by atoms with Crippen molar-refractivity contribution < 1.29 is 4.79 Å². The van der Waals surface area contributed by atoms with Crippen LogP contribution in [-0.4, -0.2) is 11.9 Å². The van der Waals surface area contributed by atoms with E-state index in [1.54, 1.807) is 24.3 Å². The Morgan fingerprint density at radius 3 is 2.81 bits per heavy atom. The van der Waals surface area contributed by atoms with Gasteiger partial charge in [0.15, 0.2) is 0 Å². The number of hydrogen-bond acceptors (Lipinski definition) is 2. The van der Waals surface area contributed by atoms with E-state index in [-0.39, 0.29) is 24.4 Å². The Labute approximate surface area is 107 Å². The molecule has 1 unspecified atom stereocenters. The van der Waals surface area contributed by atoms with E-state index in [0.29, 0.717) is 17.9 Å². The third-order valence-corrected chi connectivity index (χ3v) is 2.17. The molecular weight excluding hydrogens is 247 g/mol. The molecule has 1 aromatic carbocycles. The van der Waals surface area contributed by atoms with Crippen molar-refractivity contribution in [1.82, 2.24) is 0 Å². The van der Waals surface area contributed by atoms with Gasteiger partial charge in [0.1, 0.15) is 0 Å². The molecule has 16 heavy (non-hydrogen) atoms. The molecule has 0 spiro atoms. The van der Waals surface area contributed by atoms with Crippen LogP contribution in [0, 0.1) is 0 Å². The molecule has 0 radical (unpaired) electrons.